The second-order valence-corrected chi connectivity index (χ2v) is 8.36. The maximum atomic E-state index is 12.8. The minimum absolute atomic E-state index is 0.0123. The lowest BCUT2D eigenvalue weighted by atomic mass is 9.94. The Kier molecular flexibility index (Phi) is 5.16. The molecule has 0 unspecified atom stereocenters. The van der Waals surface area contributed by atoms with Crippen LogP contribution in [0.4, 0.5) is 0 Å². The van der Waals surface area contributed by atoms with Gasteiger partial charge in [0.25, 0.3) is 11.8 Å². The molecule has 0 saturated heterocycles. The summed E-state index contributed by atoms with van der Waals surface area (Å²) in [5, 5.41) is 5.47. The third-order valence-electron chi connectivity index (χ3n) is 6.22. The number of carbonyl (C=O) groups excluding carboxylic acids is 2. The molecule has 3 heterocycles. The van der Waals surface area contributed by atoms with Gasteiger partial charge in [-0.05, 0) is 43.0 Å². The molecule has 5 rings (SSSR count). The van der Waals surface area contributed by atoms with E-state index in [1.807, 2.05) is 55.6 Å². The topological polar surface area (TPSA) is 128 Å². The number of rotatable bonds is 4. The maximum absolute atomic E-state index is 12.8. The molecule has 0 bridgehead atoms. The van der Waals surface area contributed by atoms with Gasteiger partial charge in [0.2, 0.25) is 0 Å². The van der Waals surface area contributed by atoms with Crippen LogP contribution < -0.4 is 21.9 Å². The number of para-hydroxylation sites is 2. The number of hydrogen-bond donors (Lipinski definition) is 6. The molecule has 1 aliphatic heterocycles. The van der Waals surface area contributed by atoms with Crippen LogP contribution in [0.25, 0.3) is 21.8 Å². The summed E-state index contributed by atoms with van der Waals surface area (Å²) in [5.74, 6) is -0.722. The zero-order valence-corrected chi connectivity index (χ0v) is 17.7. The molecule has 164 valence electrons. The molecule has 2 amide bonds. The molecule has 8 nitrogen and oxygen atoms in total. The van der Waals surface area contributed by atoms with E-state index >= 15 is 0 Å². The zero-order valence-electron chi connectivity index (χ0n) is 17.7. The number of carbonyl (C=O) groups is 2. The number of hydrazine groups is 1. The van der Waals surface area contributed by atoms with Crippen molar-refractivity contribution in [2.24, 2.45) is 5.73 Å². The number of nitrogens with two attached hydrogens (primary N) is 1. The van der Waals surface area contributed by atoms with Crippen molar-refractivity contribution >= 4 is 33.6 Å². The Hall–Kier alpha value is -3.62. The second-order valence-electron chi connectivity index (χ2n) is 8.36. The summed E-state index contributed by atoms with van der Waals surface area (Å²) in [7, 11) is 0. The maximum Gasteiger partial charge on any atom is 0.255 e. The van der Waals surface area contributed by atoms with Crippen molar-refractivity contribution in [1.29, 1.82) is 0 Å². The van der Waals surface area contributed by atoms with Crippen LogP contribution in [0.1, 0.15) is 29.8 Å². The average molecular weight is 431 g/mol. The van der Waals surface area contributed by atoms with E-state index in [1.54, 1.807) is 0 Å². The molecule has 0 radical (unpaired) electrons. The van der Waals surface area contributed by atoms with Gasteiger partial charge in [0, 0.05) is 39.7 Å². The van der Waals surface area contributed by atoms with E-state index in [4.69, 9.17) is 5.73 Å². The summed E-state index contributed by atoms with van der Waals surface area (Å²) in [6.07, 6.45) is 2.76. The van der Waals surface area contributed by atoms with Gasteiger partial charge in [-0.25, -0.2) is 0 Å². The van der Waals surface area contributed by atoms with E-state index in [-0.39, 0.29) is 11.9 Å². The Morgan fingerprint density at radius 1 is 1.06 bits per heavy atom. The molecule has 4 aromatic rings. The molecule has 32 heavy (non-hydrogen) atoms. The minimum Gasteiger partial charge on any atom is -0.361 e. The number of hydrogen-bond acceptors (Lipinski definition) is 4. The predicted octanol–water partition coefficient (Wildman–Crippen LogP) is 1.94. The quantitative estimate of drug-likeness (QED) is 0.277. The Morgan fingerprint density at radius 3 is 2.59 bits per heavy atom. The number of nitrogens with one attached hydrogen (secondary N) is 5. The van der Waals surface area contributed by atoms with Crippen LogP contribution in [-0.2, 0) is 22.4 Å². The Balaban J connectivity index is 1.21. The van der Waals surface area contributed by atoms with Crippen LogP contribution in [-0.4, -0.2) is 33.9 Å². The molecule has 8 heteroatoms. The summed E-state index contributed by atoms with van der Waals surface area (Å²) in [5.41, 5.74) is 16.4. The summed E-state index contributed by atoms with van der Waals surface area (Å²) in [6.45, 7) is 2.02. The number of aromatic amines is 2. The molecule has 3 atom stereocenters. The minimum atomic E-state index is -0.784. The highest BCUT2D eigenvalue weighted by atomic mass is 16.2. The second kappa shape index (κ2) is 8.14. The average Bonchev–Trinajstić information content (AvgIpc) is 3.39. The normalized spacial score (nSPS) is 18.9. The van der Waals surface area contributed by atoms with Crippen molar-refractivity contribution < 1.29 is 9.59 Å². The first-order chi connectivity index (χ1) is 15.5. The first-order valence-corrected chi connectivity index (χ1v) is 10.8. The van der Waals surface area contributed by atoms with E-state index in [9.17, 15) is 9.59 Å². The van der Waals surface area contributed by atoms with Crippen LogP contribution in [0, 0.1) is 0 Å². The van der Waals surface area contributed by atoms with Crippen molar-refractivity contribution in [3.05, 3.63) is 71.5 Å². The predicted molar refractivity (Wildman–Crippen MR) is 124 cm³/mol. The third kappa shape index (κ3) is 3.63. The fourth-order valence-corrected chi connectivity index (χ4v) is 4.56. The number of benzene rings is 2. The number of H-pyrrole nitrogens is 2. The third-order valence-corrected chi connectivity index (χ3v) is 6.22. The van der Waals surface area contributed by atoms with Gasteiger partial charge in [-0.2, -0.15) is 0 Å². The van der Waals surface area contributed by atoms with Crippen molar-refractivity contribution in [1.82, 2.24) is 26.1 Å². The van der Waals surface area contributed by atoms with Gasteiger partial charge in [0.15, 0.2) is 0 Å². The Morgan fingerprint density at radius 2 is 1.78 bits per heavy atom. The van der Waals surface area contributed by atoms with Crippen LogP contribution in [0.15, 0.2) is 54.7 Å². The summed E-state index contributed by atoms with van der Waals surface area (Å²) in [6, 6.07) is 14.7. The lowest BCUT2D eigenvalue weighted by Gasteiger charge is -2.28. The Bertz CT molecular complexity index is 1310. The molecule has 0 spiro atoms. The highest BCUT2D eigenvalue weighted by Gasteiger charge is 2.31. The van der Waals surface area contributed by atoms with E-state index < -0.39 is 18.0 Å². The summed E-state index contributed by atoms with van der Waals surface area (Å²) in [4.78, 5) is 31.9. The Labute approximate surface area is 184 Å². The smallest absolute Gasteiger partial charge is 0.255 e. The van der Waals surface area contributed by atoms with Gasteiger partial charge >= 0.3 is 0 Å². The molecule has 7 N–H and O–H groups in total. The van der Waals surface area contributed by atoms with E-state index in [1.165, 1.54) is 0 Å². The van der Waals surface area contributed by atoms with Crippen molar-refractivity contribution in [2.75, 3.05) is 0 Å². The zero-order chi connectivity index (χ0) is 22.2. The van der Waals surface area contributed by atoms with Crippen molar-refractivity contribution in [2.45, 2.75) is 37.9 Å². The van der Waals surface area contributed by atoms with Gasteiger partial charge in [-0.15, -0.1) is 0 Å². The van der Waals surface area contributed by atoms with Crippen LogP contribution in [0.2, 0.25) is 0 Å². The van der Waals surface area contributed by atoms with Crippen LogP contribution in [0.3, 0.4) is 0 Å². The van der Waals surface area contributed by atoms with Gasteiger partial charge in [-0.1, -0.05) is 36.4 Å². The van der Waals surface area contributed by atoms with E-state index in [2.05, 4.69) is 32.2 Å². The van der Waals surface area contributed by atoms with E-state index in [0.29, 0.717) is 12.8 Å². The largest absolute Gasteiger partial charge is 0.361 e. The number of fused-ring (bicyclic) bond motifs is 4. The molecule has 1 aliphatic rings. The van der Waals surface area contributed by atoms with Crippen LogP contribution >= 0.6 is 0 Å². The van der Waals surface area contributed by atoms with Gasteiger partial charge < -0.3 is 15.7 Å². The van der Waals surface area contributed by atoms with Gasteiger partial charge in [-0.3, -0.25) is 25.8 Å². The molecule has 2 aromatic carbocycles. The summed E-state index contributed by atoms with van der Waals surface area (Å²) >= 11 is 0. The fourth-order valence-electron chi connectivity index (χ4n) is 4.56. The highest BCUT2D eigenvalue weighted by molar-refractivity contribution is 5.90. The monoisotopic (exact) mass is 430 g/mol. The fraction of sp³-hybridized carbons (Fsp3) is 0.250. The number of amides is 2. The van der Waals surface area contributed by atoms with Gasteiger partial charge in [0.1, 0.15) is 0 Å². The molecule has 0 fully saturated rings. The molecular formula is C24H26N6O2. The first kappa shape index (κ1) is 20.3. The van der Waals surface area contributed by atoms with Gasteiger partial charge in [0.05, 0.1) is 12.1 Å². The molecule has 2 aromatic heterocycles. The summed E-state index contributed by atoms with van der Waals surface area (Å²) < 4.78 is 0. The lowest BCUT2D eigenvalue weighted by Crippen LogP contribution is -2.56. The van der Waals surface area contributed by atoms with Crippen molar-refractivity contribution in [3.63, 3.8) is 0 Å². The lowest BCUT2D eigenvalue weighted by molar-refractivity contribution is -0.130. The molecule has 0 saturated carbocycles. The standard InChI is InChI=1S/C24H26N6O2/c1-13-22-17(16-7-3-5-9-20(16)28-22)11-21(27-13)24(32)30-29-23(31)18(25)10-14-12-26-19-8-4-2-6-15(14)19/h2-9,12-13,18,21,26-28H,10-11,25H2,1H3,(H,29,31)(H,30,32)/t13-,18+,21-/m0/s1. The highest BCUT2D eigenvalue weighted by Crippen LogP contribution is 2.31. The molecular weight excluding hydrogens is 404 g/mol. The van der Waals surface area contributed by atoms with Crippen molar-refractivity contribution in [3.8, 4) is 0 Å². The SMILES string of the molecule is C[C@@H]1N[C@H](C(=O)NNC(=O)[C@H](N)Cc2c[nH]c3ccccc23)Cc2c1[nH]c1ccccc21. The first-order valence-electron chi connectivity index (χ1n) is 10.8. The van der Waals surface area contributed by atoms with E-state index in [0.717, 1.165) is 38.6 Å². The van der Waals surface area contributed by atoms with Crippen LogP contribution in [0.5, 0.6) is 0 Å². The molecule has 0 aliphatic carbocycles. The number of aromatic nitrogens is 2.